The molecule has 3 unspecified atom stereocenters. The van der Waals surface area contributed by atoms with Crippen LogP contribution in [0.15, 0.2) is 30.3 Å². The molecule has 0 spiro atoms. The molecule has 0 aromatic heterocycles. The minimum Gasteiger partial charge on any atom is -0.480 e. The molecule has 3 heterocycles. The molecule has 3 saturated heterocycles. The Morgan fingerprint density at radius 2 is 1.70 bits per heavy atom. The van der Waals surface area contributed by atoms with Crippen molar-refractivity contribution in [2.45, 2.75) is 44.6 Å². The van der Waals surface area contributed by atoms with Crippen molar-refractivity contribution < 1.29 is 24.3 Å². The van der Waals surface area contributed by atoms with Gasteiger partial charge in [-0.2, -0.15) is 0 Å². The third-order valence-electron chi connectivity index (χ3n) is 8.32. The number of hydrogen-bond donors (Lipinski definition) is 3. The number of piperazine rings is 1. The number of nitrogens with one attached hydrogen (secondary N) is 1. The number of rotatable bonds is 8. The van der Waals surface area contributed by atoms with Crippen LogP contribution in [0.2, 0.25) is 0 Å². The highest BCUT2D eigenvalue weighted by atomic mass is 16.4. The summed E-state index contributed by atoms with van der Waals surface area (Å²) in [5.74, 6) is -2.42. The SMILES string of the molecule is CN(CCCCc1ccccc1)C(=O)N1CCN(C(=O)N2C(=O)C(CC3CCCN(C(=N)N)C3)C2C(=O)O)CC1. The van der Waals surface area contributed by atoms with Gasteiger partial charge in [-0.05, 0) is 50.0 Å². The third kappa shape index (κ3) is 6.65. The summed E-state index contributed by atoms with van der Waals surface area (Å²) in [7, 11) is 1.78. The fourth-order valence-corrected chi connectivity index (χ4v) is 6.01. The molecule has 4 rings (SSSR count). The number of amides is 5. The third-order valence-corrected chi connectivity index (χ3v) is 8.32. The van der Waals surface area contributed by atoms with Gasteiger partial charge < -0.3 is 30.4 Å². The minimum absolute atomic E-state index is 0.0249. The van der Waals surface area contributed by atoms with Crippen molar-refractivity contribution in [1.82, 2.24) is 24.5 Å². The summed E-state index contributed by atoms with van der Waals surface area (Å²) in [6.07, 6.45) is 4.83. The van der Waals surface area contributed by atoms with Crippen LogP contribution in [0.1, 0.15) is 37.7 Å². The van der Waals surface area contributed by atoms with Crippen molar-refractivity contribution in [3.8, 4) is 0 Å². The van der Waals surface area contributed by atoms with Gasteiger partial charge in [0.2, 0.25) is 5.91 Å². The number of guanidine groups is 1. The lowest BCUT2D eigenvalue weighted by Crippen LogP contribution is -2.70. The number of carboxylic acid groups (broad SMARTS) is 1. The number of piperidine rings is 1. The van der Waals surface area contributed by atoms with Gasteiger partial charge in [0.05, 0.1) is 5.92 Å². The van der Waals surface area contributed by atoms with E-state index < -0.39 is 29.9 Å². The van der Waals surface area contributed by atoms with E-state index in [0.29, 0.717) is 39.1 Å². The average Bonchev–Trinajstić information content (AvgIpc) is 2.96. The molecule has 0 saturated carbocycles. The van der Waals surface area contributed by atoms with Crippen molar-refractivity contribution in [3.05, 3.63) is 35.9 Å². The van der Waals surface area contributed by atoms with E-state index in [1.165, 1.54) is 10.5 Å². The molecule has 3 aliphatic rings. The van der Waals surface area contributed by atoms with Gasteiger partial charge in [-0.1, -0.05) is 30.3 Å². The Hall–Kier alpha value is -3.83. The highest BCUT2D eigenvalue weighted by molar-refractivity contribution is 6.07. The fourth-order valence-electron chi connectivity index (χ4n) is 6.01. The molecule has 3 fully saturated rings. The van der Waals surface area contributed by atoms with Gasteiger partial charge in [0.1, 0.15) is 0 Å². The van der Waals surface area contributed by atoms with Crippen molar-refractivity contribution in [2.75, 3.05) is 52.9 Å². The summed E-state index contributed by atoms with van der Waals surface area (Å²) in [4.78, 5) is 58.6. The first-order valence-electron chi connectivity index (χ1n) is 14.1. The van der Waals surface area contributed by atoms with Gasteiger partial charge in [0.25, 0.3) is 0 Å². The molecule has 3 atom stereocenters. The van der Waals surface area contributed by atoms with E-state index in [-0.39, 0.29) is 31.0 Å². The lowest BCUT2D eigenvalue weighted by atomic mass is 9.78. The second kappa shape index (κ2) is 13.0. The minimum atomic E-state index is -1.20. The number of nitrogens with two attached hydrogens (primary N) is 1. The number of carboxylic acids is 1. The number of aryl methyl sites for hydroxylation is 1. The Labute approximate surface area is 235 Å². The summed E-state index contributed by atoms with van der Waals surface area (Å²) in [5, 5.41) is 17.5. The average molecular weight is 556 g/mol. The predicted molar refractivity (Wildman–Crippen MR) is 149 cm³/mol. The highest BCUT2D eigenvalue weighted by Gasteiger charge is 2.56. The molecule has 12 heteroatoms. The molecule has 40 heavy (non-hydrogen) atoms. The van der Waals surface area contributed by atoms with Gasteiger partial charge in [-0.15, -0.1) is 0 Å². The second-order valence-corrected chi connectivity index (χ2v) is 11.1. The number of carbonyl (C=O) groups is 4. The number of hydrogen-bond acceptors (Lipinski definition) is 5. The van der Waals surface area contributed by atoms with E-state index >= 15 is 0 Å². The number of benzene rings is 1. The summed E-state index contributed by atoms with van der Waals surface area (Å²) in [6, 6.07) is 8.34. The van der Waals surface area contributed by atoms with Crippen LogP contribution in [0.3, 0.4) is 0 Å². The first-order chi connectivity index (χ1) is 19.2. The molecule has 0 aliphatic carbocycles. The van der Waals surface area contributed by atoms with Gasteiger partial charge >= 0.3 is 18.0 Å². The maximum Gasteiger partial charge on any atom is 0.327 e. The first-order valence-corrected chi connectivity index (χ1v) is 14.1. The van der Waals surface area contributed by atoms with Crippen LogP contribution < -0.4 is 5.73 Å². The zero-order chi connectivity index (χ0) is 28.8. The second-order valence-electron chi connectivity index (χ2n) is 11.1. The van der Waals surface area contributed by atoms with E-state index in [1.54, 1.807) is 21.7 Å². The smallest absolute Gasteiger partial charge is 0.327 e. The maximum atomic E-state index is 13.2. The van der Waals surface area contributed by atoms with Gasteiger partial charge in [0, 0.05) is 52.9 Å². The Morgan fingerprint density at radius 3 is 2.35 bits per heavy atom. The van der Waals surface area contributed by atoms with E-state index in [9.17, 15) is 24.3 Å². The van der Waals surface area contributed by atoms with Gasteiger partial charge in [-0.3, -0.25) is 10.2 Å². The van der Waals surface area contributed by atoms with E-state index in [0.717, 1.165) is 37.0 Å². The Bertz CT molecular complexity index is 1090. The zero-order valence-corrected chi connectivity index (χ0v) is 23.2. The lowest BCUT2D eigenvalue weighted by molar-refractivity contribution is -0.167. The maximum absolute atomic E-state index is 13.2. The molecule has 1 aromatic carbocycles. The van der Waals surface area contributed by atoms with Crippen molar-refractivity contribution in [1.29, 1.82) is 5.41 Å². The van der Waals surface area contributed by atoms with E-state index in [2.05, 4.69) is 12.1 Å². The molecule has 5 amide bonds. The summed E-state index contributed by atoms with van der Waals surface area (Å²) < 4.78 is 0. The summed E-state index contributed by atoms with van der Waals surface area (Å²) in [6.45, 7) is 2.95. The topological polar surface area (TPSA) is 155 Å². The van der Waals surface area contributed by atoms with Crippen LogP contribution in [0.25, 0.3) is 0 Å². The number of imide groups is 1. The van der Waals surface area contributed by atoms with E-state index in [1.807, 2.05) is 18.2 Å². The Kier molecular flexibility index (Phi) is 9.49. The molecule has 1 aromatic rings. The standard InChI is InChI=1S/C28H41N7O5/c1-31(12-6-5-10-20-8-3-2-4-9-20)27(39)32-14-16-33(17-15-32)28(40)35-23(25(37)38)22(24(35)36)18-21-11-7-13-34(19-21)26(29)30/h2-4,8-9,21-23H,5-7,10-19H2,1H3,(H3,29,30)(H,37,38). The molecule has 0 radical (unpaired) electrons. The number of likely N-dealkylation sites (tertiary alicyclic amines) is 2. The zero-order valence-electron chi connectivity index (χ0n) is 23.2. The molecular formula is C28H41N7O5. The number of unbranched alkanes of at least 4 members (excludes halogenated alkanes) is 1. The Morgan fingerprint density at radius 1 is 1.02 bits per heavy atom. The van der Waals surface area contributed by atoms with Crippen LogP contribution in [0.5, 0.6) is 0 Å². The van der Waals surface area contributed by atoms with Crippen LogP contribution in [0, 0.1) is 17.2 Å². The summed E-state index contributed by atoms with van der Waals surface area (Å²) >= 11 is 0. The highest BCUT2D eigenvalue weighted by Crippen LogP contribution is 2.36. The van der Waals surface area contributed by atoms with Crippen LogP contribution in [0.4, 0.5) is 9.59 Å². The van der Waals surface area contributed by atoms with Gasteiger partial charge in [-0.25, -0.2) is 19.3 Å². The predicted octanol–water partition coefficient (Wildman–Crippen LogP) is 1.71. The number of nitrogens with zero attached hydrogens (tertiary/aromatic N) is 5. The van der Waals surface area contributed by atoms with Crippen LogP contribution in [-0.4, -0.2) is 118 Å². The van der Waals surface area contributed by atoms with E-state index in [4.69, 9.17) is 11.1 Å². The molecular weight excluding hydrogens is 514 g/mol. The number of urea groups is 2. The first kappa shape index (κ1) is 29.2. The van der Waals surface area contributed by atoms with Gasteiger partial charge in [0.15, 0.2) is 12.0 Å². The molecule has 4 N–H and O–H groups in total. The van der Waals surface area contributed by atoms with Crippen LogP contribution in [-0.2, 0) is 16.0 Å². The number of aliphatic carboxylic acids is 1. The van der Waals surface area contributed by atoms with Crippen molar-refractivity contribution in [3.63, 3.8) is 0 Å². The van der Waals surface area contributed by atoms with Crippen molar-refractivity contribution >= 4 is 29.9 Å². The number of carbonyl (C=O) groups excluding carboxylic acids is 3. The van der Waals surface area contributed by atoms with Crippen molar-refractivity contribution in [2.24, 2.45) is 17.6 Å². The Balaban J connectivity index is 1.23. The molecule has 218 valence electrons. The normalized spacial score (nSPS) is 23.0. The summed E-state index contributed by atoms with van der Waals surface area (Å²) in [5.41, 5.74) is 6.89. The largest absolute Gasteiger partial charge is 0.480 e. The molecule has 0 bridgehead atoms. The molecule has 12 nitrogen and oxygen atoms in total. The molecule has 3 aliphatic heterocycles. The monoisotopic (exact) mass is 555 g/mol. The number of β-lactam (4-membered cyclic amide) rings is 1. The van der Waals surface area contributed by atoms with Crippen LogP contribution >= 0.6 is 0 Å². The fraction of sp³-hybridized carbons (Fsp3) is 0.607. The quantitative estimate of drug-likeness (QED) is 0.191. The lowest BCUT2D eigenvalue weighted by Gasteiger charge is -2.47.